The molecule has 1 atom stereocenters. The van der Waals surface area contributed by atoms with Crippen molar-refractivity contribution in [2.45, 2.75) is 39.0 Å². The molecule has 0 heterocycles. The molecule has 0 aliphatic heterocycles. The lowest BCUT2D eigenvalue weighted by Gasteiger charge is -2.46. The normalized spacial score (nSPS) is 48.3. The van der Waals surface area contributed by atoms with Gasteiger partial charge in [0.05, 0.1) is 0 Å². The average molecular weight is 124 g/mol. The van der Waals surface area contributed by atoms with Crippen molar-refractivity contribution in [2.24, 2.45) is 17.8 Å². The van der Waals surface area contributed by atoms with Crippen molar-refractivity contribution in [3.05, 3.63) is 0 Å². The van der Waals surface area contributed by atoms with Crippen LogP contribution in [-0.4, -0.2) is 0 Å². The van der Waals surface area contributed by atoms with Gasteiger partial charge in [-0.25, -0.2) is 0 Å². The van der Waals surface area contributed by atoms with Crippen molar-refractivity contribution in [1.29, 1.82) is 0 Å². The van der Waals surface area contributed by atoms with Crippen molar-refractivity contribution < 1.29 is 0 Å². The highest BCUT2D eigenvalue weighted by molar-refractivity contribution is 4.89. The van der Waals surface area contributed by atoms with E-state index >= 15 is 0 Å². The van der Waals surface area contributed by atoms with Crippen LogP contribution in [0.2, 0.25) is 0 Å². The Kier molecular flexibility index (Phi) is 1.28. The Morgan fingerprint density at radius 2 is 2.00 bits per heavy atom. The van der Waals surface area contributed by atoms with E-state index in [1.807, 2.05) is 0 Å². The van der Waals surface area contributed by atoms with Crippen LogP contribution in [0.3, 0.4) is 0 Å². The first-order valence-corrected chi connectivity index (χ1v) is 4.40. The highest BCUT2D eigenvalue weighted by atomic mass is 14.4. The zero-order valence-corrected chi connectivity index (χ0v) is 6.27. The van der Waals surface area contributed by atoms with Crippen LogP contribution >= 0.6 is 0 Å². The summed E-state index contributed by atoms with van der Waals surface area (Å²) < 4.78 is 0. The molecule has 52 valence electrons. The van der Waals surface area contributed by atoms with Crippen molar-refractivity contribution in [2.75, 3.05) is 0 Å². The number of rotatable bonds is 1. The molecule has 2 bridgehead atoms. The molecule has 0 saturated heterocycles. The van der Waals surface area contributed by atoms with Crippen molar-refractivity contribution >= 4 is 0 Å². The third kappa shape index (κ3) is 0.798. The molecule has 0 spiro atoms. The second kappa shape index (κ2) is 2.00. The Hall–Kier alpha value is 0. The summed E-state index contributed by atoms with van der Waals surface area (Å²) in [6.07, 6.45) is 7.70. The van der Waals surface area contributed by atoms with E-state index in [0.29, 0.717) is 0 Å². The molecule has 0 aromatic carbocycles. The van der Waals surface area contributed by atoms with Gasteiger partial charge in [-0.1, -0.05) is 19.8 Å². The topological polar surface area (TPSA) is 0 Å². The Labute approximate surface area is 57.6 Å². The molecule has 0 heteroatoms. The standard InChI is InChI=1S/C9H16/c1-2-8-4-3-7-5-9(8)6-7/h7-9H,2-6H2,1H3. The molecule has 3 saturated carbocycles. The lowest BCUT2D eigenvalue weighted by atomic mass is 9.59. The maximum Gasteiger partial charge on any atom is -0.0381 e. The summed E-state index contributed by atoms with van der Waals surface area (Å²) in [7, 11) is 0. The zero-order chi connectivity index (χ0) is 6.27. The summed E-state index contributed by atoms with van der Waals surface area (Å²) in [5.41, 5.74) is 0. The van der Waals surface area contributed by atoms with Crippen LogP contribution in [0.1, 0.15) is 39.0 Å². The molecule has 0 nitrogen and oxygen atoms in total. The summed E-state index contributed by atoms with van der Waals surface area (Å²) in [6, 6.07) is 0. The Balaban J connectivity index is 1.94. The summed E-state index contributed by atoms with van der Waals surface area (Å²) in [5.74, 6) is 3.45. The second-order valence-electron chi connectivity index (χ2n) is 3.84. The monoisotopic (exact) mass is 124 g/mol. The molecule has 3 rings (SSSR count). The quantitative estimate of drug-likeness (QED) is 0.504. The van der Waals surface area contributed by atoms with Crippen molar-refractivity contribution in [3.8, 4) is 0 Å². The van der Waals surface area contributed by atoms with Gasteiger partial charge in [-0.15, -0.1) is 0 Å². The van der Waals surface area contributed by atoms with Gasteiger partial charge in [0.25, 0.3) is 0 Å². The molecule has 3 aliphatic carbocycles. The van der Waals surface area contributed by atoms with Gasteiger partial charge in [0.2, 0.25) is 0 Å². The minimum atomic E-state index is 1.12. The van der Waals surface area contributed by atoms with Crippen LogP contribution < -0.4 is 0 Å². The van der Waals surface area contributed by atoms with Gasteiger partial charge < -0.3 is 0 Å². The maximum absolute atomic E-state index is 2.35. The van der Waals surface area contributed by atoms with Crippen molar-refractivity contribution in [3.63, 3.8) is 0 Å². The van der Waals surface area contributed by atoms with E-state index in [4.69, 9.17) is 0 Å². The Bertz CT molecular complexity index is 97.9. The molecule has 3 fully saturated rings. The first kappa shape index (κ1) is 5.76. The highest BCUT2D eigenvalue weighted by Gasteiger charge is 2.38. The van der Waals surface area contributed by atoms with E-state index in [1.54, 1.807) is 25.7 Å². The lowest BCUT2D eigenvalue weighted by Crippen LogP contribution is -2.35. The first-order valence-electron chi connectivity index (χ1n) is 4.40. The van der Waals surface area contributed by atoms with Gasteiger partial charge in [0.1, 0.15) is 0 Å². The fraction of sp³-hybridized carbons (Fsp3) is 1.00. The zero-order valence-electron chi connectivity index (χ0n) is 6.27. The summed E-state index contributed by atoms with van der Waals surface area (Å²) in [4.78, 5) is 0. The number of hydrogen-bond acceptors (Lipinski definition) is 0. The molecule has 9 heavy (non-hydrogen) atoms. The smallest absolute Gasteiger partial charge is 0.0381 e. The second-order valence-corrected chi connectivity index (χ2v) is 3.84. The molecule has 3 aliphatic rings. The fourth-order valence-electron chi connectivity index (χ4n) is 2.63. The summed E-state index contributed by atoms with van der Waals surface area (Å²) >= 11 is 0. The molecule has 0 aromatic heterocycles. The molecular formula is C9H16. The average Bonchev–Trinajstić information content (AvgIpc) is 1.86. The molecule has 0 radical (unpaired) electrons. The van der Waals surface area contributed by atoms with E-state index in [-0.39, 0.29) is 0 Å². The Morgan fingerprint density at radius 1 is 1.22 bits per heavy atom. The molecule has 1 unspecified atom stereocenters. The maximum atomic E-state index is 2.35. The van der Waals surface area contributed by atoms with Crippen LogP contribution in [0.4, 0.5) is 0 Å². The van der Waals surface area contributed by atoms with E-state index in [0.717, 1.165) is 17.8 Å². The fourth-order valence-corrected chi connectivity index (χ4v) is 2.63. The SMILES string of the molecule is CCC1CCC2CC1C2. The van der Waals surface area contributed by atoms with Crippen LogP contribution in [0.5, 0.6) is 0 Å². The lowest BCUT2D eigenvalue weighted by molar-refractivity contribution is 0.0480. The predicted octanol–water partition coefficient (Wildman–Crippen LogP) is 2.83. The summed E-state index contributed by atoms with van der Waals surface area (Å²) in [5, 5.41) is 0. The van der Waals surface area contributed by atoms with Gasteiger partial charge in [-0.05, 0) is 37.0 Å². The summed E-state index contributed by atoms with van der Waals surface area (Å²) in [6.45, 7) is 2.35. The highest BCUT2D eigenvalue weighted by Crippen LogP contribution is 2.49. The Morgan fingerprint density at radius 3 is 2.33 bits per heavy atom. The van der Waals surface area contributed by atoms with E-state index in [9.17, 15) is 0 Å². The van der Waals surface area contributed by atoms with Crippen LogP contribution in [0.15, 0.2) is 0 Å². The van der Waals surface area contributed by atoms with Gasteiger partial charge in [0, 0.05) is 0 Å². The molecular weight excluding hydrogens is 108 g/mol. The van der Waals surface area contributed by atoms with E-state index < -0.39 is 0 Å². The molecule has 0 aromatic rings. The van der Waals surface area contributed by atoms with Crippen LogP contribution in [0.25, 0.3) is 0 Å². The number of hydrogen-bond donors (Lipinski definition) is 0. The number of fused-ring (bicyclic) bond motifs is 2. The molecule has 0 amide bonds. The first-order chi connectivity index (χ1) is 4.40. The van der Waals surface area contributed by atoms with Gasteiger partial charge in [-0.3, -0.25) is 0 Å². The van der Waals surface area contributed by atoms with Gasteiger partial charge >= 0.3 is 0 Å². The van der Waals surface area contributed by atoms with Crippen LogP contribution in [-0.2, 0) is 0 Å². The minimum Gasteiger partial charge on any atom is -0.0651 e. The van der Waals surface area contributed by atoms with Gasteiger partial charge in [0.15, 0.2) is 0 Å². The largest absolute Gasteiger partial charge is 0.0651 e. The predicted molar refractivity (Wildman–Crippen MR) is 39.2 cm³/mol. The third-order valence-electron chi connectivity index (χ3n) is 3.41. The minimum absolute atomic E-state index is 1.12. The van der Waals surface area contributed by atoms with Gasteiger partial charge in [-0.2, -0.15) is 0 Å². The van der Waals surface area contributed by atoms with E-state index in [1.165, 1.54) is 6.42 Å². The van der Waals surface area contributed by atoms with Crippen LogP contribution in [0, 0.1) is 17.8 Å². The molecule has 0 N–H and O–H groups in total. The van der Waals surface area contributed by atoms with Crippen molar-refractivity contribution in [1.82, 2.24) is 0 Å². The third-order valence-corrected chi connectivity index (χ3v) is 3.41. The van der Waals surface area contributed by atoms with E-state index in [2.05, 4.69) is 6.92 Å².